The first-order valence-electron chi connectivity index (χ1n) is 7.45. The van der Waals surface area contributed by atoms with Gasteiger partial charge in [0.05, 0.1) is 30.4 Å². The van der Waals surface area contributed by atoms with E-state index in [1.54, 1.807) is 12.4 Å². The van der Waals surface area contributed by atoms with Crippen molar-refractivity contribution in [1.82, 2.24) is 19.6 Å². The molecule has 0 saturated heterocycles. The molecule has 0 radical (unpaired) electrons. The van der Waals surface area contributed by atoms with Gasteiger partial charge in [0.15, 0.2) is 0 Å². The molecule has 3 aliphatic rings. The zero-order valence-corrected chi connectivity index (χ0v) is 16.3. The van der Waals surface area contributed by atoms with Gasteiger partial charge in [-0.3, -0.25) is 10.2 Å². The Labute approximate surface area is 152 Å². The van der Waals surface area contributed by atoms with Crippen LogP contribution in [0.1, 0.15) is 20.3 Å². The van der Waals surface area contributed by atoms with Crippen LogP contribution in [0.15, 0.2) is 40.2 Å². The monoisotopic (exact) mass is 419 g/mol. The number of nitrogens with one attached hydrogen (secondary N) is 1. The number of hydroxylamine groups is 2. The van der Waals surface area contributed by atoms with E-state index in [0.717, 1.165) is 41.4 Å². The molecular weight excluding hydrogens is 398 g/mol. The molecule has 134 valence electrons. The van der Waals surface area contributed by atoms with Crippen molar-refractivity contribution in [3.05, 3.63) is 35.2 Å². The summed E-state index contributed by atoms with van der Waals surface area (Å²) in [5.74, 6) is 0.809. The summed E-state index contributed by atoms with van der Waals surface area (Å²) < 4.78 is 26.1. The predicted octanol–water partition coefficient (Wildman–Crippen LogP) is 1.17. The SMILES string of the molecule is Br.CCCN1C=C(C)C(NS(C)(=O)=O)C2=C1N1CN(O)C=C1C=N2. The van der Waals surface area contributed by atoms with Crippen LogP contribution in [0, 0.1) is 0 Å². The summed E-state index contributed by atoms with van der Waals surface area (Å²) in [6, 6.07) is -0.501. The molecule has 3 rings (SSSR count). The van der Waals surface area contributed by atoms with E-state index in [1.165, 1.54) is 0 Å². The highest BCUT2D eigenvalue weighted by Crippen LogP contribution is 2.35. The first-order chi connectivity index (χ1) is 10.8. The molecule has 0 amide bonds. The van der Waals surface area contributed by atoms with Crippen LogP contribution in [-0.2, 0) is 10.0 Å². The van der Waals surface area contributed by atoms with E-state index in [-0.39, 0.29) is 17.0 Å². The van der Waals surface area contributed by atoms with Crippen LogP contribution in [-0.4, -0.2) is 60.2 Å². The van der Waals surface area contributed by atoms with Gasteiger partial charge < -0.3 is 9.80 Å². The van der Waals surface area contributed by atoms with E-state index < -0.39 is 16.1 Å². The lowest BCUT2D eigenvalue weighted by molar-refractivity contribution is -0.0534. The van der Waals surface area contributed by atoms with Crippen LogP contribution in [0.2, 0.25) is 0 Å². The lowest BCUT2D eigenvalue weighted by atomic mass is 10.0. The van der Waals surface area contributed by atoms with Gasteiger partial charge in [0.25, 0.3) is 0 Å². The Morgan fingerprint density at radius 3 is 2.75 bits per heavy atom. The minimum Gasteiger partial charge on any atom is -0.333 e. The Balaban J connectivity index is 0.00000208. The average Bonchev–Trinajstić information content (AvgIpc) is 2.81. The van der Waals surface area contributed by atoms with E-state index in [2.05, 4.69) is 21.5 Å². The number of rotatable bonds is 4. The normalized spacial score (nSPS) is 22.8. The number of nitrogens with zero attached hydrogens (tertiary/aromatic N) is 4. The fourth-order valence-corrected chi connectivity index (χ4v) is 3.72. The molecule has 1 unspecified atom stereocenters. The molecule has 0 aromatic rings. The van der Waals surface area contributed by atoms with Crippen molar-refractivity contribution < 1.29 is 13.6 Å². The third kappa shape index (κ3) is 3.51. The Kier molecular flexibility index (Phi) is 5.43. The highest BCUT2D eigenvalue weighted by atomic mass is 79.9. The average molecular weight is 420 g/mol. The number of fused-ring (bicyclic) bond motifs is 2. The molecule has 3 aliphatic heterocycles. The Hall–Kier alpha value is -1.36. The largest absolute Gasteiger partial charge is 0.333 e. The number of allylic oxidation sites excluding steroid dienone is 1. The molecule has 3 heterocycles. The molecule has 0 bridgehead atoms. The molecule has 0 fully saturated rings. The van der Waals surface area contributed by atoms with Crippen molar-refractivity contribution in [1.29, 1.82) is 0 Å². The third-order valence-electron chi connectivity index (χ3n) is 3.86. The van der Waals surface area contributed by atoms with Crippen molar-refractivity contribution in [2.75, 3.05) is 19.5 Å². The second kappa shape index (κ2) is 6.87. The summed E-state index contributed by atoms with van der Waals surface area (Å²) in [5, 5.41) is 10.8. The molecule has 10 heteroatoms. The highest BCUT2D eigenvalue weighted by molar-refractivity contribution is 8.93. The van der Waals surface area contributed by atoms with E-state index in [9.17, 15) is 13.6 Å². The first-order valence-corrected chi connectivity index (χ1v) is 9.34. The molecule has 0 aliphatic carbocycles. The zero-order valence-electron chi connectivity index (χ0n) is 13.8. The van der Waals surface area contributed by atoms with Crippen LogP contribution < -0.4 is 4.72 Å². The highest BCUT2D eigenvalue weighted by Gasteiger charge is 2.37. The van der Waals surface area contributed by atoms with Gasteiger partial charge in [-0.25, -0.2) is 18.2 Å². The number of aliphatic imine (C=N–C) groups is 1. The van der Waals surface area contributed by atoms with Crippen molar-refractivity contribution in [2.45, 2.75) is 26.3 Å². The first kappa shape index (κ1) is 19.0. The molecule has 8 nitrogen and oxygen atoms in total. The lowest BCUT2D eigenvalue weighted by Gasteiger charge is -2.40. The third-order valence-corrected chi connectivity index (χ3v) is 4.52. The van der Waals surface area contributed by atoms with E-state index in [4.69, 9.17) is 0 Å². The van der Waals surface area contributed by atoms with Gasteiger partial charge in [-0.05, 0) is 18.9 Å². The van der Waals surface area contributed by atoms with Crippen molar-refractivity contribution in [3.8, 4) is 0 Å². The van der Waals surface area contributed by atoms with Crippen LogP contribution in [0.5, 0.6) is 0 Å². The molecule has 24 heavy (non-hydrogen) atoms. The number of hydrogen-bond donors (Lipinski definition) is 2. The van der Waals surface area contributed by atoms with Gasteiger partial charge in [0.2, 0.25) is 10.0 Å². The van der Waals surface area contributed by atoms with Gasteiger partial charge in [0.1, 0.15) is 18.2 Å². The van der Waals surface area contributed by atoms with Gasteiger partial charge in [-0.2, -0.15) is 0 Å². The Morgan fingerprint density at radius 2 is 2.12 bits per heavy atom. The minimum absolute atomic E-state index is 0. The van der Waals surface area contributed by atoms with Crippen LogP contribution in [0.3, 0.4) is 0 Å². The summed E-state index contributed by atoms with van der Waals surface area (Å²) in [4.78, 5) is 8.47. The maximum absolute atomic E-state index is 11.7. The number of sulfonamides is 1. The second-order valence-corrected chi connectivity index (χ2v) is 7.70. The van der Waals surface area contributed by atoms with Gasteiger partial charge >= 0.3 is 0 Å². The fraction of sp³-hybridized carbons (Fsp3) is 0.500. The predicted molar refractivity (Wildman–Crippen MR) is 96.8 cm³/mol. The smallest absolute Gasteiger partial charge is 0.209 e. The Morgan fingerprint density at radius 1 is 1.42 bits per heavy atom. The summed E-state index contributed by atoms with van der Waals surface area (Å²) in [5.41, 5.74) is 2.31. The van der Waals surface area contributed by atoms with Gasteiger partial charge in [-0.1, -0.05) is 6.92 Å². The van der Waals surface area contributed by atoms with Gasteiger partial charge in [0, 0.05) is 12.7 Å². The van der Waals surface area contributed by atoms with Crippen LogP contribution in [0.4, 0.5) is 0 Å². The standard InChI is InChI=1S/C14H21N5O3S.BrH/c1-4-5-17-7-10(2)12(16-23(3,21)22)13-14(17)19-9-18(20)8-11(19)6-15-13;/h6-8,12,16,20H,4-5,9H2,1-3H3;1H. The topological polar surface area (TPSA) is 88.5 Å². The maximum atomic E-state index is 11.7. The molecule has 2 N–H and O–H groups in total. The molecular formula is C14H22BrN5O3S. The molecule has 1 atom stereocenters. The summed E-state index contributed by atoms with van der Waals surface area (Å²) >= 11 is 0. The van der Waals surface area contributed by atoms with E-state index in [0.29, 0.717) is 12.4 Å². The lowest BCUT2D eigenvalue weighted by Crippen LogP contribution is -2.46. The summed E-state index contributed by atoms with van der Waals surface area (Å²) in [6.45, 7) is 5.04. The Bertz CT molecular complexity index is 744. The molecule has 0 saturated carbocycles. The van der Waals surface area contributed by atoms with E-state index in [1.807, 2.05) is 18.0 Å². The minimum atomic E-state index is -3.38. The molecule has 0 aromatic heterocycles. The second-order valence-electron chi connectivity index (χ2n) is 5.92. The number of halogens is 1. The summed E-state index contributed by atoms with van der Waals surface area (Å²) in [6.07, 6.45) is 7.27. The molecule has 0 spiro atoms. The molecule has 0 aromatic carbocycles. The van der Waals surface area contributed by atoms with E-state index >= 15 is 0 Å². The van der Waals surface area contributed by atoms with Crippen molar-refractivity contribution >= 4 is 33.2 Å². The van der Waals surface area contributed by atoms with Crippen LogP contribution >= 0.6 is 17.0 Å². The summed E-state index contributed by atoms with van der Waals surface area (Å²) in [7, 11) is -3.38. The van der Waals surface area contributed by atoms with Gasteiger partial charge in [-0.15, -0.1) is 17.0 Å². The number of hydrogen-bond acceptors (Lipinski definition) is 7. The van der Waals surface area contributed by atoms with Crippen LogP contribution in [0.25, 0.3) is 0 Å². The zero-order chi connectivity index (χ0) is 16.8. The fourth-order valence-electron chi connectivity index (χ4n) is 2.99. The quantitative estimate of drug-likeness (QED) is 0.710. The maximum Gasteiger partial charge on any atom is 0.209 e. The van der Waals surface area contributed by atoms with Crippen molar-refractivity contribution in [2.24, 2.45) is 4.99 Å². The van der Waals surface area contributed by atoms with Crippen molar-refractivity contribution in [3.63, 3.8) is 0 Å².